The van der Waals surface area contributed by atoms with E-state index in [1.54, 1.807) is 19.2 Å². The monoisotopic (exact) mass is 266 g/mol. The molecule has 0 aromatic carbocycles. The molecule has 1 heterocycles. The molecular weight excluding hydrogens is 251 g/mol. The predicted octanol–water partition coefficient (Wildman–Crippen LogP) is 2.00. The molecule has 0 amide bonds. The molecule has 16 heavy (non-hydrogen) atoms. The quantitative estimate of drug-likeness (QED) is 0.847. The molecule has 6 heteroatoms. The molecule has 0 unspecified atom stereocenters. The Hall–Kier alpha value is -1.000. The number of pyridine rings is 1. The minimum Gasteiger partial charge on any atom is -0.466 e. The fourth-order valence-corrected chi connectivity index (χ4v) is 1.13. The lowest BCUT2D eigenvalue weighted by Crippen LogP contribution is -2.06. The minimum absolute atomic E-state index is 0. The van der Waals surface area contributed by atoms with Crippen LogP contribution in [-0.4, -0.2) is 17.6 Å². The number of esters is 1. The number of aryl methyl sites for hydroxylation is 1. The van der Waals surface area contributed by atoms with Gasteiger partial charge in [-0.2, -0.15) is 0 Å². The number of nitrogen functional groups attached to an aromatic ring is 1. The second-order valence-electron chi connectivity index (χ2n) is 2.85. The van der Waals surface area contributed by atoms with E-state index >= 15 is 0 Å². The zero-order chi connectivity index (χ0) is 10.4. The molecule has 92 valence electrons. The molecule has 0 spiro atoms. The number of hydrogen-bond donors (Lipinski definition) is 1. The molecule has 0 aliphatic rings. The molecule has 1 aromatic heterocycles. The molecule has 0 fully saturated rings. The van der Waals surface area contributed by atoms with Gasteiger partial charge in [0.2, 0.25) is 0 Å². The van der Waals surface area contributed by atoms with Gasteiger partial charge in [0.15, 0.2) is 0 Å². The average Bonchev–Trinajstić information content (AvgIpc) is 2.17. The minimum atomic E-state index is -0.198. The molecular formula is C10H16Cl2N2O2. The number of hydrogen-bond acceptors (Lipinski definition) is 4. The van der Waals surface area contributed by atoms with Crippen molar-refractivity contribution in [1.82, 2.24) is 4.98 Å². The summed E-state index contributed by atoms with van der Waals surface area (Å²) in [6.07, 6.45) is 2.56. The number of carbonyl (C=O) groups is 1. The Kier molecular flexibility index (Phi) is 10.0. The van der Waals surface area contributed by atoms with Crippen LogP contribution >= 0.6 is 24.8 Å². The summed E-state index contributed by atoms with van der Waals surface area (Å²) < 4.78 is 4.80. The second-order valence-corrected chi connectivity index (χ2v) is 2.85. The number of rotatable bonds is 4. The van der Waals surface area contributed by atoms with Gasteiger partial charge in [-0.25, -0.2) is 4.98 Å². The standard InChI is InChI=1S/C10H14N2O2.2ClH/c1-2-14-9(13)6-5-8-4-3-7-12-10(8)11;;/h3-4,7H,2,5-6H2,1H3,(H2,11,12);2*1H. The first-order valence-corrected chi connectivity index (χ1v) is 4.59. The van der Waals surface area contributed by atoms with Crippen molar-refractivity contribution in [2.24, 2.45) is 0 Å². The molecule has 0 bridgehead atoms. The highest BCUT2D eigenvalue weighted by atomic mass is 35.5. The normalized spacial score (nSPS) is 8.56. The first-order chi connectivity index (χ1) is 6.74. The Labute approximate surface area is 107 Å². The number of nitrogens with zero attached hydrogens (tertiary/aromatic N) is 1. The van der Waals surface area contributed by atoms with E-state index in [4.69, 9.17) is 10.5 Å². The molecule has 0 radical (unpaired) electrons. The summed E-state index contributed by atoms with van der Waals surface area (Å²) in [5.41, 5.74) is 6.51. The lowest BCUT2D eigenvalue weighted by molar-refractivity contribution is -0.143. The van der Waals surface area contributed by atoms with E-state index in [2.05, 4.69) is 4.98 Å². The highest BCUT2D eigenvalue weighted by Gasteiger charge is 2.04. The fraction of sp³-hybridized carbons (Fsp3) is 0.400. The van der Waals surface area contributed by atoms with Crippen LogP contribution in [0, 0.1) is 0 Å². The summed E-state index contributed by atoms with van der Waals surface area (Å²) in [6.45, 7) is 2.21. The Morgan fingerprint density at radius 1 is 1.50 bits per heavy atom. The van der Waals surface area contributed by atoms with Crippen LogP contribution in [0.15, 0.2) is 18.3 Å². The van der Waals surface area contributed by atoms with Gasteiger partial charge in [0.05, 0.1) is 6.61 Å². The maximum absolute atomic E-state index is 11.0. The van der Waals surface area contributed by atoms with Gasteiger partial charge in [-0.15, -0.1) is 24.8 Å². The van der Waals surface area contributed by atoms with Crippen LogP contribution in [0.5, 0.6) is 0 Å². The third-order valence-corrected chi connectivity index (χ3v) is 1.83. The van der Waals surface area contributed by atoms with Gasteiger partial charge in [0, 0.05) is 12.6 Å². The van der Waals surface area contributed by atoms with E-state index in [9.17, 15) is 4.79 Å². The van der Waals surface area contributed by atoms with Crippen LogP contribution in [-0.2, 0) is 16.0 Å². The smallest absolute Gasteiger partial charge is 0.306 e. The van der Waals surface area contributed by atoms with Gasteiger partial charge in [-0.05, 0) is 25.0 Å². The van der Waals surface area contributed by atoms with Gasteiger partial charge in [0.25, 0.3) is 0 Å². The van der Waals surface area contributed by atoms with Gasteiger partial charge in [-0.1, -0.05) is 6.07 Å². The Bertz CT molecular complexity index is 321. The summed E-state index contributed by atoms with van der Waals surface area (Å²) >= 11 is 0. The number of anilines is 1. The predicted molar refractivity (Wildman–Crippen MR) is 68.1 cm³/mol. The van der Waals surface area contributed by atoms with E-state index in [0.717, 1.165) is 5.56 Å². The van der Waals surface area contributed by atoms with Crippen molar-refractivity contribution < 1.29 is 9.53 Å². The molecule has 2 N–H and O–H groups in total. The van der Waals surface area contributed by atoms with Gasteiger partial charge in [-0.3, -0.25) is 4.79 Å². The van der Waals surface area contributed by atoms with E-state index in [1.165, 1.54) is 0 Å². The highest BCUT2D eigenvalue weighted by Crippen LogP contribution is 2.09. The number of aromatic nitrogens is 1. The molecule has 0 saturated carbocycles. The number of nitrogens with two attached hydrogens (primary N) is 1. The van der Waals surface area contributed by atoms with Crippen LogP contribution in [0.1, 0.15) is 18.9 Å². The van der Waals surface area contributed by atoms with E-state index in [-0.39, 0.29) is 30.8 Å². The van der Waals surface area contributed by atoms with Gasteiger partial charge < -0.3 is 10.5 Å². The lowest BCUT2D eigenvalue weighted by atomic mass is 10.1. The van der Waals surface area contributed by atoms with Crippen molar-refractivity contribution in [2.45, 2.75) is 19.8 Å². The summed E-state index contributed by atoms with van der Waals surface area (Å²) in [5, 5.41) is 0. The maximum Gasteiger partial charge on any atom is 0.306 e. The van der Waals surface area contributed by atoms with E-state index in [1.807, 2.05) is 6.07 Å². The first-order valence-electron chi connectivity index (χ1n) is 4.59. The van der Waals surface area contributed by atoms with Crippen molar-refractivity contribution in [3.63, 3.8) is 0 Å². The zero-order valence-corrected chi connectivity index (χ0v) is 10.6. The SMILES string of the molecule is CCOC(=O)CCc1cccnc1N.Cl.Cl. The Balaban J connectivity index is 0. The summed E-state index contributed by atoms with van der Waals surface area (Å²) in [7, 11) is 0. The average molecular weight is 267 g/mol. The summed E-state index contributed by atoms with van der Waals surface area (Å²) in [6, 6.07) is 3.67. The summed E-state index contributed by atoms with van der Waals surface area (Å²) in [5.74, 6) is 0.285. The van der Waals surface area contributed by atoms with Gasteiger partial charge >= 0.3 is 5.97 Å². The second kappa shape index (κ2) is 9.24. The third-order valence-electron chi connectivity index (χ3n) is 1.83. The number of halogens is 2. The molecule has 0 aliphatic heterocycles. The Morgan fingerprint density at radius 2 is 2.19 bits per heavy atom. The molecule has 0 saturated heterocycles. The highest BCUT2D eigenvalue weighted by molar-refractivity contribution is 5.85. The van der Waals surface area contributed by atoms with Crippen molar-refractivity contribution in [3.05, 3.63) is 23.9 Å². The van der Waals surface area contributed by atoms with Crippen LogP contribution in [0.25, 0.3) is 0 Å². The van der Waals surface area contributed by atoms with E-state index < -0.39 is 0 Å². The zero-order valence-electron chi connectivity index (χ0n) is 9.01. The van der Waals surface area contributed by atoms with E-state index in [0.29, 0.717) is 25.3 Å². The van der Waals surface area contributed by atoms with Crippen LogP contribution in [0.4, 0.5) is 5.82 Å². The topological polar surface area (TPSA) is 65.2 Å². The van der Waals surface area contributed by atoms with Crippen molar-refractivity contribution in [2.75, 3.05) is 12.3 Å². The van der Waals surface area contributed by atoms with Gasteiger partial charge in [0.1, 0.15) is 5.82 Å². The fourth-order valence-electron chi connectivity index (χ4n) is 1.13. The van der Waals surface area contributed by atoms with Crippen molar-refractivity contribution in [3.8, 4) is 0 Å². The van der Waals surface area contributed by atoms with Crippen LogP contribution in [0.3, 0.4) is 0 Å². The maximum atomic E-state index is 11.0. The molecule has 0 aliphatic carbocycles. The van der Waals surface area contributed by atoms with Crippen LogP contribution < -0.4 is 5.73 Å². The van der Waals surface area contributed by atoms with Crippen molar-refractivity contribution >= 4 is 36.6 Å². The number of ether oxygens (including phenoxy) is 1. The van der Waals surface area contributed by atoms with Crippen molar-refractivity contribution in [1.29, 1.82) is 0 Å². The lowest BCUT2D eigenvalue weighted by Gasteiger charge is -2.03. The number of carbonyl (C=O) groups excluding carboxylic acids is 1. The first kappa shape index (κ1) is 17.4. The van der Waals surface area contributed by atoms with Crippen LogP contribution in [0.2, 0.25) is 0 Å². The Morgan fingerprint density at radius 3 is 2.75 bits per heavy atom. The molecule has 4 nitrogen and oxygen atoms in total. The summed E-state index contributed by atoms with van der Waals surface area (Å²) in [4.78, 5) is 15.0. The molecule has 0 atom stereocenters. The largest absolute Gasteiger partial charge is 0.466 e. The molecule has 1 rings (SSSR count). The third kappa shape index (κ3) is 5.78. The molecule has 1 aromatic rings.